The quantitative estimate of drug-likeness (QED) is 0.840. The van der Waals surface area contributed by atoms with Crippen LogP contribution in [0.3, 0.4) is 0 Å². The van der Waals surface area contributed by atoms with Gasteiger partial charge in [-0.25, -0.2) is 21.9 Å². The number of nitrogens with one attached hydrogen (secondary N) is 1. The van der Waals surface area contributed by atoms with Gasteiger partial charge in [0.2, 0.25) is 10.0 Å². The summed E-state index contributed by atoms with van der Waals surface area (Å²) in [7, 11) is -4.27. The van der Waals surface area contributed by atoms with Gasteiger partial charge in [-0.15, -0.1) is 0 Å². The molecule has 1 atom stereocenters. The highest BCUT2D eigenvalue weighted by Gasteiger charge is 2.25. The predicted molar refractivity (Wildman–Crippen MR) is 66.0 cm³/mol. The van der Waals surface area contributed by atoms with E-state index >= 15 is 0 Å². The number of sulfonamides is 1. The summed E-state index contributed by atoms with van der Waals surface area (Å²) in [5, 5.41) is 8.63. The van der Waals surface area contributed by atoms with Crippen LogP contribution in [0.25, 0.3) is 0 Å². The molecule has 0 radical (unpaired) electrons. The molecule has 0 amide bonds. The van der Waals surface area contributed by atoms with Crippen LogP contribution in [0.15, 0.2) is 21.5 Å². The second-order valence-corrected chi connectivity index (χ2v) is 6.35. The highest BCUT2D eigenvalue weighted by molar-refractivity contribution is 9.10. The minimum atomic E-state index is -4.27. The summed E-state index contributed by atoms with van der Waals surface area (Å²) in [6.07, 6.45) is 0. The third-order valence-corrected chi connectivity index (χ3v) is 4.62. The summed E-state index contributed by atoms with van der Waals surface area (Å²) in [4.78, 5) is 9.81. The van der Waals surface area contributed by atoms with Gasteiger partial charge in [0, 0.05) is 17.1 Å². The molecule has 0 aliphatic heterocycles. The van der Waals surface area contributed by atoms with Crippen LogP contribution in [0.5, 0.6) is 0 Å². The molecule has 5 nitrogen and oxygen atoms in total. The number of rotatable bonds is 5. The number of hydrogen-bond acceptors (Lipinski definition) is 3. The summed E-state index contributed by atoms with van der Waals surface area (Å²) in [5.74, 6) is -4.36. The Morgan fingerprint density at radius 1 is 1.47 bits per heavy atom. The van der Waals surface area contributed by atoms with Crippen molar-refractivity contribution in [3.63, 3.8) is 0 Å². The van der Waals surface area contributed by atoms with Gasteiger partial charge in [0.15, 0.2) is 0 Å². The van der Waals surface area contributed by atoms with E-state index < -0.39 is 45.0 Å². The van der Waals surface area contributed by atoms with Crippen LogP contribution < -0.4 is 4.72 Å². The van der Waals surface area contributed by atoms with E-state index in [1.165, 1.54) is 6.92 Å². The van der Waals surface area contributed by atoms with E-state index in [0.29, 0.717) is 6.07 Å². The molecule has 0 aliphatic rings. The van der Waals surface area contributed by atoms with Gasteiger partial charge in [-0.05, 0) is 22.0 Å². The molecule has 106 valence electrons. The average molecular weight is 358 g/mol. The SMILES string of the molecule is CC(CNS(=O)(=O)c1c(F)cc(F)cc1Br)C(=O)O. The lowest BCUT2D eigenvalue weighted by molar-refractivity contribution is -0.140. The fourth-order valence-electron chi connectivity index (χ4n) is 1.18. The van der Waals surface area contributed by atoms with Crippen LogP contribution in [0.4, 0.5) is 8.78 Å². The zero-order chi connectivity index (χ0) is 14.8. The predicted octanol–water partition coefficient (Wildman–Crippen LogP) is 1.73. The molecule has 9 heteroatoms. The van der Waals surface area contributed by atoms with E-state index in [0.717, 1.165) is 6.07 Å². The first-order valence-electron chi connectivity index (χ1n) is 5.02. The van der Waals surface area contributed by atoms with Crippen molar-refractivity contribution in [2.24, 2.45) is 5.92 Å². The Balaban J connectivity index is 3.05. The van der Waals surface area contributed by atoms with Crippen molar-refractivity contribution in [3.8, 4) is 0 Å². The van der Waals surface area contributed by atoms with Crippen LogP contribution in [0, 0.1) is 17.6 Å². The molecular weight excluding hydrogens is 348 g/mol. The highest BCUT2D eigenvalue weighted by Crippen LogP contribution is 2.26. The van der Waals surface area contributed by atoms with Crippen LogP contribution >= 0.6 is 15.9 Å². The van der Waals surface area contributed by atoms with Crippen LogP contribution in [-0.4, -0.2) is 26.0 Å². The van der Waals surface area contributed by atoms with Crippen molar-refractivity contribution >= 4 is 31.9 Å². The van der Waals surface area contributed by atoms with E-state index in [9.17, 15) is 22.0 Å². The minimum Gasteiger partial charge on any atom is -0.481 e. The zero-order valence-corrected chi connectivity index (χ0v) is 12.1. The highest BCUT2D eigenvalue weighted by atomic mass is 79.9. The first-order valence-corrected chi connectivity index (χ1v) is 7.29. The van der Waals surface area contributed by atoms with E-state index in [1.54, 1.807) is 0 Å². The molecule has 1 aromatic rings. The maximum absolute atomic E-state index is 13.5. The number of benzene rings is 1. The van der Waals surface area contributed by atoms with Crippen molar-refractivity contribution in [1.29, 1.82) is 0 Å². The second-order valence-electron chi connectivity index (χ2n) is 3.79. The van der Waals surface area contributed by atoms with Gasteiger partial charge in [-0.2, -0.15) is 0 Å². The van der Waals surface area contributed by atoms with Gasteiger partial charge in [-0.1, -0.05) is 6.92 Å². The minimum absolute atomic E-state index is 0.277. The van der Waals surface area contributed by atoms with Crippen LogP contribution in [0.1, 0.15) is 6.92 Å². The number of carboxylic acid groups (broad SMARTS) is 1. The second kappa shape index (κ2) is 5.93. The fraction of sp³-hybridized carbons (Fsp3) is 0.300. The molecule has 19 heavy (non-hydrogen) atoms. The van der Waals surface area contributed by atoms with Crippen molar-refractivity contribution in [3.05, 3.63) is 28.2 Å². The molecule has 2 N–H and O–H groups in total. The van der Waals surface area contributed by atoms with Gasteiger partial charge in [0.1, 0.15) is 16.5 Å². The Labute approximate surface area is 116 Å². The average Bonchev–Trinajstić information content (AvgIpc) is 2.23. The Kier molecular flexibility index (Phi) is 4.99. The number of carbonyl (C=O) groups is 1. The summed E-state index contributed by atoms with van der Waals surface area (Å²) >= 11 is 2.75. The lowest BCUT2D eigenvalue weighted by Gasteiger charge is -2.11. The maximum Gasteiger partial charge on any atom is 0.307 e. The molecule has 1 rings (SSSR count). The molecule has 0 spiro atoms. The lowest BCUT2D eigenvalue weighted by Crippen LogP contribution is -2.32. The molecule has 0 bridgehead atoms. The maximum atomic E-state index is 13.5. The first kappa shape index (κ1) is 16.0. The molecule has 0 fully saturated rings. The summed E-state index contributed by atoms with van der Waals surface area (Å²) in [6.45, 7) is 0.891. The Bertz CT molecular complexity index is 583. The van der Waals surface area contributed by atoms with Crippen molar-refractivity contribution < 1.29 is 27.1 Å². The summed E-state index contributed by atoms with van der Waals surface area (Å²) in [6, 6.07) is 1.23. The molecular formula is C10H10BrF2NO4S. The summed E-state index contributed by atoms with van der Waals surface area (Å²) < 4.78 is 51.6. The smallest absolute Gasteiger partial charge is 0.307 e. The molecule has 0 aromatic heterocycles. The third kappa shape index (κ3) is 3.95. The van der Waals surface area contributed by atoms with Crippen LogP contribution in [0.2, 0.25) is 0 Å². The van der Waals surface area contributed by atoms with Gasteiger partial charge < -0.3 is 5.11 Å². The zero-order valence-electron chi connectivity index (χ0n) is 9.65. The third-order valence-electron chi connectivity index (χ3n) is 2.23. The van der Waals surface area contributed by atoms with Gasteiger partial charge >= 0.3 is 5.97 Å². The monoisotopic (exact) mass is 357 g/mol. The van der Waals surface area contributed by atoms with Crippen molar-refractivity contribution in [2.75, 3.05) is 6.54 Å². The van der Waals surface area contributed by atoms with Crippen LogP contribution in [-0.2, 0) is 14.8 Å². The molecule has 0 heterocycles. The molecule has 0 aliphatic carbocycles. The van der Waals surface area contributed by atoms with E-state index in [4.69, 9.17) is 5.11 Å². The Hall–Kier alpha value is -1.06. The number of aliphatic carboxylic acids is 1. The number of carboxylic acids is 1. The van der Waals surface area contributed by atoms with Gasteiger partial charge in [0.05, 0.1) is 5.92 Å². The van der Waals surface area contributed by atoms with E-state index in [2.05, 4.69) is 15.9 Å². The Morgan fingerprint density at radius 2 is 2.05 bits per heavy atom. The molecule has 0 saturated carbocycles. The van der Waals surface area contributed by atoms with Gasteiger partial charge in [-0.3, -0.25) is 4.79 Å². The standard InChI is InChI=1S/C10H10BrF2NO4S/c1-5(10(15)16)4-14-19(17,18)9-7(11)2-6(12)3-8(9)13/h2-3,5,14H,4H2,1H3,(H,15,16). The molecule has 0 saturated heterocycles. The first-order chi connectivity index (χ1) is 8.65. The lowest BCUT2D eigenvalue weighted by atomic mass is 10.2. The van der Waals surface area contributed by atoms with E-state index in [-0.39, 0.29) is 4.47 Å². The normalized spacial score (nSPS) is 13.3. The van der Waals surface area contributed by atoms with E-state index in [1.807, 2.05) is 4.72 Å². The number of hydrogen-bond donors (Lipinski definition) is 2. The van der Waals surface area contributed by atoms with Gasteiger partial charge in [0.25, 0.3) is 0 Å². The molecule has 1 aromatic carbocycles. The summed E-state index contributed by atoms with van der Waals surface area (Å²) in [5.41, 5.74) is 0. The largest absolute Gasteiger partial charge is 0.481 e. The number of halogens is 3. The Morgan fingerprint density at radius 3 is 2.53 bits per heavy atom. The fourth-order valence-corrected chi connectivity index (χ4v) is 3.47. The van der Waals surface area contributed by atoms with Crippen molar-refractivity contribution in [1.82, 2.24) is 4.72 Å². The topological polar surface area (TPSA) is 83.5 Å². The van der Waals surface area contributed by atoms with Crippen molar-refractivity contribution in [2.45, 2.75) is 11.8 Å². The molecule has 1 unspecified atom stereocenters.